The Morgan fingerprint density at radius 2 is 1.65 bits per heavy atom. The van der Waals surface area contributed by atoms with Crippen molar-refractivity contribution < 1.29 is 33.0 Å². The Hall–Kier alpha value is -3.20. The summed E-state index contributed by atoms with van der Waals surface area (Å²) >= 11 is 0. The summed E-state index contributed by atoms with van der Waals surface area (Å²) in [4.78, 5) is 39.1. The number of ether oxygens (including phenoxy) is 3. The van der Waals surface area contributed by atoms with Crippen molar-refractivity contribution in [1.82, 2.24) is 10.0 Å². The lowest BCUT2D eigenvalue weighted by atomic mass is 10.1. The second-order valence-electron chi connectivity index (χ2n) is 7.71. The molecule has 0 saturated carbocycles. The number of hydrazine groups is 1. The van der Waals surface area contributed by atoms with Crippen LogP contribution in [0.25, 0.3) is 0 Å². The highest BCUT2D eigenvalue weighted by molar-refractivity contribution is 6.02. The summed E-state index contributed by atoms with van der Waals surface area (Å²) in [6.07, 6.45) is 2.98. The van der Waals surface area contributed by atoms with E-state index in [1.54, 1.807) is 33.8 Å². The van der Waals surface area contributed by atoms with Crippen LogP contribution >= 0.6 is 0 Å². The SMILES string of the molecule is CC(C)OC(=O)N1[C@H]2C=CC(=O)[C@](OCc3ccc(F)cc3)(C=C2)N1C(=O)OC(C)C. The highest BCUT2D eigenvalue weighted by Crippen LogP contribution is 2.35. The number of rotatable bonds is 5. The maximum atomic E-state index is 13.2. The van der Waals surface area contributed by atoms with Crippen molar-refractivity contribution in [3.8, 4) is 0 Å². The molecule has 4 rings (SSSR count). The second-order valence-corrected chi connectivity index (χ2v) is 7.71. The molecule has 0 unspecified atom stereocenters. The van der Waals surface area contributed by atoms with E-state index in [1.807, 2.05) is 0 Å². The van der Waals surface area contributed by atoms with Crippen molar-refractivity contribution in [3.05, 3.63) is 60.0 Å². The molecule has 2 heterocycles. The maximum Gasteiger partial charge on any atom is 0.432 e. The Bertz CT molecular complexity index is 911. The first kappa shape index (κ1) is 22.5. The van der Waals surface area contributed by atoms with Gasteiger partial charge in [-0.1, -0.05) is 24.3 Å². The van der Waals surface area contributed by atoms with Gasteiger partial charge in [0.1, 0.15) is 5.82 Å². The molecule has 3 aliphatic rings. The third kappa shape index (κ3) is 4.61. The van der Waals surface area contributed by atoms with Crippen LogP contribution in [0, 0.1) is 5.82 Å². The Morgan fingerprint density at radius 1 is 1.03 bits per heavy atom. The summed E-state index contributed by atoms with van der Waals surface area (Å²) in [5.41, 5.74) is -1.40. The number of benzene rings is 1. The smallest absolute Gasteiger partial charge is 0.432 e. The quantitative estimate of drug-likeness (QED) is 0.660. The molecular weight excluding hydrogens is 407 g/mol. The normalized spacial score (nSPS) is 22.3. The molecule has 9 heteroatoms. The minimum Gasteiger partial charge on any atom is -0.445 e. The number of halogens is 1. The molecular formula is C22H25FN2O6. The molecule has 2 aliphatic heterocycles. The molecule has 0 fully saturated rings. The summed E-state index contributed by atoms with van der Waals surface area (Å²) in [5, 5.41) is 1.87. The van der Waals surface area contributed by atoms with Gasteiger partial charge in [0, 0.05) is 0 Å². The van der Waals surface area contributed by atoms with Crippen LogP contribution in [0.4, 0.5) is 14.0 Å². The molecule has 1 aliphatic carbocycles. The number of hydrogen-bond donors (Lipinski definition) is 0. The lowest BCUT2D eigenvalue weighted by Gasteiger charge is -2.47. The average molecular weight is 432 g/mol. The van der Waals surface area contributed by atoms with Crippen molar-refractivity contribution in [2.75, 3.05) is 0 Å². The van der Waals surface area contributed by atoms with Crippen LogP contribution in [0.1, 0.15) is 33.3 Å². The highest BCUT2D eigenvalue weighted by Gasteiger charge is 2.56. The maximum absolute atomic E-state index is 13.2. The fourth-order valence-electron chi connectivity index (χ4n) is 3.20. The van der Waals surface area contributed by atoms with Gasteiger partial charge in [-0.05, 0) is 57.5 Å². The zero-order valence-electron chi connectivity index (χ0n) is 17.8. The number of ketones is 1. The fourth-order valence-corrected chi connectivity index (χ4v) is 3.20. The van der Waals surface area contributed by atoms with E-state index in [9.17, 15) is 18.8 Å². The van der Waals surface area contributed by atoms with Crippen molar-refractivity contribution in [3.63, 3.8) is 0 Å². The molecule has 166 valence electrons. The third-order valence-corrected chi connectivity index (χ3v) is 4.53. The molecule has 0 aromatic heterocycles. The van der Waals surface area contributed by atoms with Gasteiger partial charge in [-0.3, -0.25) is 4.79 Å². The van der Waals surface area contributed by atoms with Crippen LogP contribution in [-0.4, -0.2) is 52.0 Å². The van der Waals surface area contributed by atoms with Crippen LogP contribution < -0.4 is 0 Å². The Kier molecular flexibility index (Phi) is 6.45. The second kappa shape index (κ2) is 8.89. The Labute approximate surface area is 179 Å². The summed E-state index contributed by atoms with van der Waals surface area (Å²) in [5.74, 6) is -0.991. The van der Waals surface area contributed by atoms with E-state index in [1.165, 1.54) is 42.5 Å². The lowest BCUT2D eigenvalue weighted by Crippen LogP contribution is -2.68. The van der Waals surface area contributed by atoms with Crippen LogP contribution in [0.3, 0.4) is 0 Å². The standard InChI is InChI=1S/C22H25FN2O6/c1-14(2)30-20(27)24-18-9-10-19(26)22(12-11-18,25(24)21(28)31-15(3)4)29-13-16-5-7-17(23)8-6-16/h5-12,14-15,18H,13H2,1-4H3/t18-,22+/m0/s1. The molecule has 2 bridgehead atoms. The molecule has 31 heavy (non-hydrogen) atoms. The molecule has 1 aromatic carbocycles. The minimum absolute atomic E-state index is 0.132. The number of fused-ring (bicyclic) bond motifs is 2. The summed E-state index contributed by atoms with van der Waals surface area (Å²) in [6.45, 7) is 6.50. The van der Waals surface area contributed by atoms with Gasteiger partial charge in [0.05, 0.1) is 24.9 Å². The average Bonchev–Trinajstić information content (AvgIpc) is 2.92. The number of hydrogen-bond acceptors (Lipinski definition) is 6. The number of amides is 2. The van der Waals surface area contributed by atoms with Gasteiger partial charge < -0.3 is 14.2 Å². The minimum atomic E-state index is -1.97. The molecule has 0 radical (unpaired) electrons. The van der Waals surface area contributed by atoms with Crippen molar-refractivity contribution >= 4 is 18.0 Å². The van der Waals surface area contributed by atoms with Crippen LogP contribution in [0.2, 0.25) is 0 Å². The van der Waals surface area contributed by atoms with E-state index in [4.69, 9.17) is 14.2 Å². The van der Waals surface area contributed by atoms with Gasteiger partial charge in [-0.2, -0.15) is 10.0 Å². The van der Waals surface area contributed by atoms with E-state index >= 15 is 0 Å². The molecule has 2 atom stereocenters. The number of carbonyl (C=O) groups is 3. The van der Waals surface area contributed by atoms with Gasteiger partial charge in [-0.25, -0.2) is 14.0 Å². The van der Waals surface area contributed by atoms with Gasteiger partial charge in [0.15, 0.2) is 0 Å². The van der Waals surface area contributed by atoms with E-state index in [0.29, 0.717) is 5.56 Å². The predicted octanol–water partition coefficient (Wildman–Crippen LogP) is 3.72. The molecule has 1 aromatic rings. The lowest BCUT2D eigenvalue weighted by molar-refractivity contribution is -0.198. The number of nitrogens with zero attached hydrogens (tertiary/aromatic N) is 2. The molecule has 0 saturated heterocycles. The van der Waals surface area contributed by atoms with E-state index in [0.717, 1.165) is 10.0 Å². The summed E-state index contributed by atoms with van der Waals surface area (Å²) < 4.78 is 29.8. The van der Waals surface area contributed by atoms with Crippen LogP contribution in [0.5, 0.6) is 0 Å². The van der Waals surface area contributed by atoms with Crippen LogP contribution in [0.15, 0.2) is 48.6 Å². The van der Waals surface area contributed by atoms with E-state index < -0.39 is 47.8 Å². The highest BCUT2D eigenvalue weighted by atomic mass is 19.1. The summed E-state index contributed by atoms with van der Waals surface area (Å²) in [6, 6.07) is 4.77. The Morgan fingerprint density at radius 3 is 2.26 bits per heavy atom. The van der Waals surface area contributed by atoms with E-state index in [2.05, 4.69) is 0 Å². The van der Waals surface area contributed by atoms with Gasteiger partial charge >= 0.3 is 12.2 Å². The third-order valence-electron chi connectivity index (χ3n) is 4.53. The molecule has 2 amide bonds. The molecule has 8 nitrogen and oxygen atoms in total. The Balaban J connectivity index is 2.03. The first-order valence-electron chi connectivity index (χ1n) is 9.95. The zero-order chi connectivity index (χ0) is 22.8. The van der Waals surface area contributed by atoms with Gasteiger partial charge in [0.2, 0.25) is 11.5 Å². The molecule has 0 N–H and O–H groups in total. The monoisotopic (exact) mass is 432 g/mol. The van der Waals surface area contributed by atoms with Crippen molar-refractivity contribution in [2.45, 2.75) is 58.3 Å². The van der Waals surface area contributed by atoms with Crippen molar-refractivity contribution in [1.29, 1.82) is 0 Å². The van der Waals surface area contributed by atoms with Crippen LogP contribution in [-0.2, 0) is 25.6 Å². The zero-order valence-corrected chi connectivity index (χ0v) is 17.8. The molecule has 0 spiro atoms. The first-order valence-corrected chi connectivity index (χ1v) is 9.95. The predicted molar refractivity (Wildman–Crippen MR) is 108 cm³/mol. The fraction of sp³-hybridized carbons (Fsp3) is 0.409. The first-order chi connectivity index (χ1) is 14.6. The topological polar surface area (TPSA) is 85.4 Å². The van der Waals surface area contributed by atoms with Gasteiger partial charge in [-0.15, -0.1) is 0 Å². The summed E-state index contributed by atoms with van der Waals surface area (Å²) in [7, 11) is 0. The van der Waals surface area contributed by atoms with Crippen molar-refractivity contribution in [2.24, 2.45) is 0 Å². The largest absolute Gasteiger partial charge is 0.445 e. The number of carbonyl (C=O) groups excluding carboxylic acids is 3. The van der Waals surface area contributed by atoms with E-state index in [-0.39, 0.29) is 6.61 Å². The van der Waals surface area contributed by atoms with Gasteiger partial charge in [0.25, 0.3) is 0 Å².